The molecule has 16 heavy (non-hydrogen) atoms. The van der Waals surface area contributed by atoms with Gasteiger partial charge in [-0.1, -0.05) is 12.8 Å². The maximum Gasteiger partial charge on any atom is 0.0492 e. The Labute approximate surface area is 98.2 Å². The molecule has 0 radical (unpaired) electrons. The molecular weight excluding hydrogens is 198 g/mol. The summed E-state index contributed by atoms with van der Waals surface area (Å²) < 4.78 is 2.00. The Kier molecular flexibility index (Phi) is 3.99. The van der Waals surface area contributed by atoms with E-state index in [4.69, 9.17) is 0 Å². The molecule has 1 saturated carbocycles. The standard InChI is InChI=1S/C13H23N3/c1-14-12-5-3-4-11(10-12)6-7-13-8-9-15-16(13)2/h8-9,11-12,14H,3-7,10H2,1-2H3. The summed E-state index contributed by atoms with van der Waals surface area (Å²) in [6, 6.07) is 2.89. The summed E-state index contributed by atoms with van der Waals surface area (Å²) in [7, 11) is 4.13. The van der Waals surface area contributed by atoms with Crippen molar-refractivity contribution in [2.75, 3.05) is 7.05 Å². The van der Waals surface area contributed by atoms with E-state index in [1.54, 1.807) is 0 Å². The van der Waals surface area contributed by atoms with E-state index in [1.165, 1.54) is 44.2 Å². The van der Waals surface area contributed by atoms with Crippen LogP contribution in [0.4, 0.5) is 0 Å². The second-order valence-electron chi connectivity index (χ2n) is 5.00. The van der Waals surface area contributed by atoms with Gasteiger partial charge in [0.1, 0.15) is 0 Å². The van der Waals surface area contributed by atoms with Gasteiger partial charge < -0.3 is 5.32 Å². The summed E-state index contributed by atoms with van der Waals surface area (Å²) in [6.07, 6.45) is 9.91. The molecule has 3 nitrogen and oxygen atoms in total. The van der Waals surface area contributed by atoms with Crippen molar-refractivity contribution in [3.8, 4) is 0 Å². The molecule has 2 atom stereocenters. The molecule has 1 aliphatic carbocycles. The second kappa shape index (κ2) is 5.48. The van der Waals surface area contributed by atoms with Gasteiger partial charge in [-0.15, -0.1) is 0 Å². The Morgan fingerprint density at radius 2 is 2.38 bits per heavy atom. The van der Waals surface area contributed by atoms with Crippen molar-refractivity contribution in [3.05, 3.63) is 18.0 Å². The molecule has 0 saturated heterocycles. The zero-order valence-electron chi connectivity index (χ0n) is 10.4. The van der Waals surface area contributed by atoms with Crippen LogP contribution in [0, 0.1) is 5.92 Å². The first kappa shape index (κ1) is 11.6. The third kappa shape index (κ3) is 2.85. The number of aryl methyl sites for hydroxylation is 2. The van der Waals surface area contributed by atoms with Gasteiger partial charge in [0.2, 0.25) is 0 Å². The number of nitrogens with one attached hydrogen (secondary N) is 1. The van der Waals surface area contributed by atoms with E-state index in [9.17, 15) is 0 Å². The van der Waals surface area contributed by atoms with E-state index < -0.39 is 0 Å². The Balaban J connectivity index is 1.79. The monoisotopic (exact) mass is 221 g/mol. The summed E-state index contributed by atoms with van der Waals surface area (Å²) in [5, 5.41) is 7.64. The summed E-state index contributed by atoms with van der Waals surface area (Å²) >= 11 is 0. The molecule has 1 N–H and O–H groups in total. The SMILES string of the molecule is CNC1CCCC(CCc2ccnn2C)C1. The molecule has 2 rings (SSSR count). The van der Waals surface area contributed by atoms with Crippen molar-refractivity contribution in [1.29, 1.82) is 0 Å². The molecule has 3 heteroatoms. The molecule has 0 amide bonds. The van der Waals surface area contributed by atoms with Crippen LogP contribution in [0.5, 0.6) is 0 Å². The molecule has 0 spiro atoms. The zero-order chi connectivity index (χ0) is 11.4. The summed E-state index contributed by atoms with van der Waals surface area (Å²) in [4.78, 5) is 0. The molecule has 2 unspecified atom stereocenters. The maximum absolute atomic E-state index is 4.22. The Morgan fingerprint density at radius 3 is 3.06 bits per heavy atom. The first-order valence-corrected chi connectivity index (χ1v) is 6.43. The lowest BCUT2D eigenvalue weighted by Gasteiger charge is -2.28. The fourth-order valence-electron chi connectivity index (χ4n) is 2.81. The second-order valence-corrected chi connectivity index (χ2v) is 5.00. The van der Waals surface area contributed by atoms with Crippen LogP contribution in [0.2, 0.25) is 0 Å². The van der Waals surface area contributed by atoms with Crippen molar-refractivity contribution in [1.82, 2.24) is 15.1 Å². The average Bonchev–Trinajstić information content (AvgIpc) is 2.72. The predicted molar refractivity (Wildman–Crippen MR) is 66.3 cm³/mol. The smallest absolute Gasteiger partial charge is 0.0492 e. The van der Waals surface area contributed by atoms with Crippen LogP contribution in [-0.4, -0.2) is 22.9 Å². The molecule has 0 aromatic carbocycles. The number of hydrogen-bond donors (Lipinski definition) is 1. The Bertz CT molecular complexity index is 319. The molecule has 1 aliphatic rings. The third-order valence-electron chi connectivity index (χ3n) is 3.92. The Hall–Kier alpha value is -0.830. The average molecular weight is 221 g/mol. The topological polar surface area (TPSA) is 29.9 Å². The van der Waals surface area contributed by atoms with E-state index in [1.807, 2.05) is 17.9 Å². The van der Waals surface area contributed by atoms with E-state index >= 15 is 0 Å². The number of aromatic nitrogens is 2. The van der Waals surface area contributed by atoms with E-state index in [-0.39, 0.29) is 0 Å². The van der Waals surface area contributed by atoms with Gasteiger partial charge in [-0.25, -0.2) is 0 Å². The lowest BCUT2D eigenvalue weighted by atomic mass is 9.83. The van der Waals surface area contributed by atoms with Crippen LogP contribution in [0.25, 0.3) is 0 Å². The highest BCUT2D eigenvalue weighted by atomic mass is 15.2. The number of nitrogens with zero attached hydrogens (tertiary/aromatic N) is 2. The van der Waals surface area contributed by atoms with Crippen molar-refractivity contribution in [2.24, 2.45) is 13.0 Å². The van der Waals surface area contributed by atoms with Crippen LogP contribution in [0.15, 0.2) is 12.3 Å². The predicted octanol–water partition coefficient (Wildman–Crippen LogP) is 2.13. The quantitative estimate of drug-likeness (QED) is 0.844. The normalized spacial score (nSPS) is 25.9. The maximum atomic E-state index is 4.22. The van der Waals surface area contributed by atoms with Gasteiger partial charge in [0, 0.05) is 25.0 Å². The highest BCUT2D eigenvalue weighted by molar-refractivity contribution is 5.00. The number of rotatable bonds is 4. The van der Waals surface area contributed by atoms with Gasteiger partial charge in [0.05, 0.1) is 0 Å². The molecule has 1 aromatic rings. The lowest BCUT2D eigenvalue weighted by molar-refractivity contribution is 0.281. The summed E-state index contributed by atoms with van der Waals surface area (Å²) in [6.45, 7) is 0. The van der Waals surface area contributed by atoms with E-state index in [2.05, 4.69) is 23.5 Å². The zero-order valence-corrected chi connectivity index (χ0v) is 10.4. The molecule has 0 aliphatic heterocycles. The minimum absolute atomic E-state index is 0.755. The van der Waals surface area contributed by atoms with E-state index in [0.717, 1.165) is 12.0 Å². The number of hydrogen-bond acceptors (Lipinski definition) is 2. The first-order chi connectivity index (χ1) is 7.79. The van der Waals surface area contributed by atoms with Crippen LogP contribution in [-0.2, 0) is 13.5 Å². The van der Waals surface area contributed by atoms with Gasteiger partial charge in [0.25, 0.3) is 0 Å². The van der Waals surface area contributed by atoms with Crippen LogP contribution in [0.3, 0.4) is 0 Å². The molecule has 1 heterocycles. The fourth-order valence-corrected chi connectivity index (χ4v) is 2.81. The minimum atomic E-state index is 0.755. The highest BCUT2D eigenvalue weighted by Crippen LogP contribution is 2.27. The van der Waals surface area contributed by atoms with Crippen molar-refractivity contribution < 1.29 is 0 Å². The van der Waals surface area contributed by atoms with Gasteiger partial charge in [-0.2, -0.15) is 5.10 Å². The summed E-state index contributed by atoms with van der Waals surface area (Å²) in [5.74, 6) is 0.904. The van der Waals surface area contributed by atoms with Gasteiger partial charge in [-0.05, 0) is 44.7 Å². The minimum Gasteiger partial charge on any atom is -0.317 e. The molecule has 1 fully saturated rings. The Morgan fingerprint density at radius 1 is 1.50 bits per heavy atom. The molecular formula is C13H23N3. The van der Waals surface area contributed by atoms with Crippen molar-refractivity contribution in [2.45, 2.75) is 44.6 Å². The molecule has 90 valence electrons. The highest BCUT2D eigenvalue weighted by Gasteiger charge is 2.20. The summed E-state index contributed by atoms with van der Waals surface area (Å²) in [5.41, 5.74) is 1.37. The van der Waals surface area contributed by atoms with Gasteiger partial charge >= 0.3 is 0 Å². The van der Waals surface area contributed by atoms with E-state index in [0.29, 0.717) is 0 Å². The molecule has 0 bridgehead atoms. The lowest BCUT2D eigenvalue weighted by Crippen LogP contribution is -2.31. The van der Waals surface area contributed by atoms with Gasteiger partial charge in [-0.3, -0.25) is 4.68 Å². The first-order valence-electron chi connectivity index (χ1n) is 6.43. The third-order valence-corrected chi connectivity index (χ3v) is 3.92. The van der Waals surface area contributed by atoms with Crippen molar-refractivity contribution in [3.63, 3.8) is 0 Å². The van der Waals surface area contributed by atoms with Crippen molar-refractivity contribution >= 4 is 0 Å². The molecule has 1 aromatic heterocycles. The van der Waals surface area contributed by atoms with Crippen LogP contribution >= 0.6 is 0 Å². The van der Waals surface area contributed by atoms with Crippen LogP contribution < -0.4 is 5.32 Å². The largest absolute Gasteiger partial charge is 0.317 e. The fraction of sp³-hybridized carbons (Fsp3) is 0.769. The van der Waals surface area contributed by atoms with Crippen LogP contribution in [0.1, 0.15) is 37.8 Å². The van der Waals surface area contributed by atoms with Gasteiger partial charge in [0.15, 0.2) is 0 Å².